The Hall–Kier alpha value is -0.610. The first-order valence-corrected chi connectivity index (χ1v) is 5.32. The summed E-state index contributed by atoms with van der Waals surface area (Å²) in [5, 5.41) is 9.45. The number of β-amino-alcohol motifs (C(OH)–C–C–N with tert-alkyl or cyclic N) is 1. The van der Waals surface area contributed by atoms with Crippen LogP contribution in [0.5, 0.6) is 0 Å². The van der Waals surface area contributed by atoms with Gasteiger partial charge in [0.05, 0.1) is 18.6 Å². The van der Waals surface area contributed by atoms with E-state index in [9.17, 15) is 9.90 Å². The van der Waals surface area contributed by atoms with Crippen LogP contribution in [-0.2, 0) is 9.53 Å². The van der Waals surface area contributed by atoms with Gasteiger partial charge in [0.25, 0.3) is 0 Å². The largest absolute Gasteiger partial charge is 0.391 e. The highest BCUT2D eigenvalue weighted by atomic mass is 16.5. The van der Waals surface area contributed by atoms with Crippen LogP contribution in [0.4, 0.5) is 0 Å². The molecule has 0 unspecified atom stereocenters. The van der Waals surface area contributed by atoms with E-state index in [-0.39, 0.29) is 17.9 Å². The van der Waals surface area contributed by atoms with Gasteiger partial charge in [0.1, 0.15) is 0 Å². The number of hydrogen-bond donors (Lipinski definition) is 1. The number of nitrogens with zero attached hydrogens (tertiary/aromatic N) is 1. The van der Waals surface area contributed by atoms with Gasteiger partial charge < -0.3 is 14.7 Å². The third-order valence-corrected chi connectivity index (χ3v) is 2.99. The predicted octanol–water partition coefficient (Wildman–Crippen LogP) is 0.00620. The lowest BCUT2D eigenvalue weighted by molar-refractivity contribution is -0.138. The minimum absolute atomic E-state index is 0.0419. The third-order valence-electron chi connectivity index (χ3n) is 2.99. The van der Waals surface area contributed by atoms with Crippen molar-refractivity contribution in [3.8, 4) is 0 Å². The van der Waals surface area contributed by atoms with Crippen molar-refractivity contribution < 1.29 is 14.6 Å². The smallest absolute Gasteiger partial charge is 0.228 e. The predicted molar refractivity (Wildman–Crippen MR) is 50.7 cm³/mol. The lowest BCUT2D eigenvalue weighted by Crippen LogP contribution is -2.45. The van der Waals surface area contributed by atoms with Crippen molar-refractivity contribution in [2.75, 3.05) is 26.3 Å². The highest BCUT2D eigenvalue weighted by Gasteiger charge is 2.30. The van der Waals surface area contributed by atoms with Gasteiger partial charge in [-0.2, -0.15) is 0 Å². The maximum Gasteiger partial charge on any atom is 0.228 e. The quantitative estimate of drug-likeness (QED) is 0.647. The van der Waals surface area contributed by atoms with E-state index in [1.165, 1.54) is 0 Å². The summed E-state index contributed by atoms with van der Waals surface area (Å²) in [5.74, 6) is 0.210. The molecule has 2 aliphatic rings. The first kappa shape index (κ1) is 9.93. The third kappa shape index (κ3) is 2.07. The Balaban J connectivity index is 1.89. The van der Waals surface area contributed by atoms with E-state index in [0.717, 1.165) is 25.8 Å². The SMILES string of the molecule is O=C([C@H]1CCOC1)N1CCC[C@@H](O)C1. The van der Waals surface area contributed by atoms with Gasteiger partial charge in [-0.25, -0.2) is 0 Å². The standard InChI is InChI=1S/C10H17NO3/c12-9-2-1-4-11(6-9)10(13)8-3-5-14-7-8/h8-9,12H,1-7H2/t8-,9+/m0/s1. The molecule has 4 heteroatoms. The van der Waals surface area contributed by atoms with Crippen LogP contribution in [0.1, 0.15) is 19.3 Å². The van der Waals surface area contributed by atoms with Crippen LogP contribution in [0, 0.1) is 5.92 Å². The van der Waals surface area contributed by atoms with Crippen molar-refractivity contribution >= 4 is 5.91 Å². The minimum Gasteiger partial charge on any atom is -0.391 e. The van der Waals surface area contributed by atoms with Gasteiger partial charge in [0.2, 0.25) is 5.91 Å². The van der Waals surface area contributed by atoms with E-state index >= 15 is 0 Å². The number of aliphatic hydroxyl groups is 1. The maximum atomic E-state index is 11.9. The molecular formula is C10H17NO3. The molecule has 2 atom stereocenters. The Morgan fingerprint density at radius 2 is 2.29 bits per heavy atom. The monoisotopic (exact) mass is 199 g/mol. The van der Waals surface area contributed by atoms with E-state index in [4.69, 9.17) is 4.74 Å². The van der Waals surface area contributed by atoms with E-state index in [0.29, 0.717) is 19.8 Å². The molecule has 0 bridgehead atoms. The van der Waals surface area contributed by atoms with Crippen molar-refractivity contribution in [1.82, 2.24) is 4.90 Å². The molecule has 1 amide bonds. The number of piperidine rings is 1. The second kappa shape index (κ2) is 4.28. The fourth-order valence-corrected chi connectivity index (χ4v) is 2.14. The normalized spacial score (nSPS) is 33.4. The van der Waals surface area contributed by atoms with Gasteiger partial charge in [-0.05, 0) is 19.3 Å². The van der Waals surface area contributed by atoms with Crippen molar-refractivity contribution in [2.24, 2.45) is 5.92 Å². The highest BCUT2D eigenvalue weighted by molar-refractivity contribution is 5.79. The molecule has 0 aromatic heterocycles. The van der Waals surface area contributed by atoms with Crippen LogP contribution in [0.2, 0.25) is 0 Å². The number of rotatable bonds is 1. The fourth-order valence-electron chi connectivity index (χ4n) is 2.14. The average molecular weight is 199 g/mol. The fraction of sp³-hybridized carbons (Fsp3) is 0.900. The van der Waals surface area contributed by atoms with Gasteiger partial charge in [0, 0.05) is 19.7 Å². The van der Waals surface area contributed by atoms with Crippen molar-refractivity contribution in [3.05, 3.63) is 0 Å². The summed E-state index contributed by atoms with van der Waals surface area (Å²) in [7, 11) is 0. The molecule has 2 heterocycles. The zero-order chi connectivity index (χ0) is 9.97. The number of amides is 1. The molecule has 2 aliphatic heterocycles. The van der Waals surface area contributed by atoms with Gasteiger partial charge in [0.15, 0.2) is 0 Å². The summed E-state index contributed by atoms with van der Waals surface area (Å²) >= 11 is 0. The number of likely N-dealkylation sites (tertiary alicyclic amines) is 1. The van der Waals surface area contributed by atoms with Crippen LogP contribution < -0.4 is 0 Å². The molecule has 80 valence electrons. The molecule has 0 aromatic rings. The molecule has 0 aliphatic carbocycles. The zero-order valence-corrected chi connectivity index (χ0v) is 8.32. The second-order valence-electron chi connectivity index (χ2n) is 4.14. The van der Waals surface area contributed by atoms with Crippen molar-refractivity contribution in [3.63, 3.8) is 0 Å². The molecule has 0 aromatic carbocycles. The molecule has 2 saturated heterocycles. The zero-order valence-electron chi connectivity index (χ0n) is 8.32. The van der Waals surface area contributed by atoms with Crippen LogP contribution >= 0.6 is 0 Å². The first-order chi connectivity index (χ1) is 6.77. The Morgan fingerprint density at radius 3 is 2.93 bits per heavy atom. The first-order valence-electron chi connectivity index (χ1n) is 5.32. The molecule has 0 spiro atoms. The Labute approximate surface area is 83.8 Å². The van der Waals surface area contributed by atoms with Crippen molar-refractivity contribution in [1.29, 1.82) is 0 Å². The Morgan fingerprint density at radius 1 is 1.43 bits per heavy atom. The number of hydrogen-bond acceptors (Lipinski definition) is 3. The molecule has 0 saturated carbocycles. The molecule has 1 N–H and O–H groups in total. The second-order valence-corrected chi connectivity index (χ2v) is 4.14. The molecule has 0 radical (unpaired) electrons. The van der Waals surface area contributed by atoms with Crippen molar-refractivity contribution in [2.45, 2.75) is 25.4 Å². The van der Waals surface area contributed by atoms with Crippen LogP contribution in [-0.4, -0.2) is 48.3 Å². The Kier molecular flexibility index (Phi) is 3.03. The topological polar surface area (TPSA) is 49.8 Å². The van der Waals surface area contributed by atoms with Crippen LogP contribution in [0.25, 0.3) is 0 Å². The summed E-state index contributed by atoms with van der Waals surface area (Å²) in [5.41, 5.74) is 0. The average Bonchev–Trinajstić information content (AvgIpc) is 2.69. The molecule has 14 heavy (non-hydrogen) atoms. The van der Waals surface area contributed by atoms with E-state index in [1.54, 1.807) is 4.90 Å². The molecule has 2 fully saturated rings. The van der Waals surface area contributed by atoms with Crippen LogP contribution in [0.3, 0.4) is 0 Å². The molecular weight excluding hydrogens is 182 g/mol. The van der Waals surface area contributed by atoms with E-state index in [2.05, 4.69) is 0 Å². The number of ether oxygens (including phenoxy) is 1. The lowest BCUT2D eigenvalue weighted by Gasteiger charge is -2.31. The highest BCUT2D eigenvalue weighted by Crippen LogP contribution is 2.18. The number of aliphatic hydroxyl groups excluding tert-OH is 1. The number of carbonyl (C=O) groups is 1. The van der Waals surface area contributed by atoms with E-state index in [1.807, 2.05) is 0 Å². The summed E-state index contributed by atoms with van der Waals surface area (Å²) in [4.78, 5) is 13.7. The summed E-state index contributed by atoms with van der Waals surface area (Å²) < 4.78 is 5.19. The number of carbonyl (C=O) groups excluding carboxylic acids is 1. The summed E-state index contributed by atoms with van der Waals surface area (Å²) in [6.07, 6.45) is 2.26. The van der Waals surface area contributed by atoms with Crippen LogP contribution in [0.15, 0.2) is 0 Å². The Bertz CT molecular complexity index is 213. The minimum atomic E-state index is -0.324. The van der Waals surface area contributed by atoms with Gasteiger partial charge in [-0.15, -0.1) is 0 Å². The van der Waals surface area contributed by atoms with Gasteiger partial charge in [-0.1, -0.05) is 0 Å². The maximum absolute atomic E-state index is 11.9. The van der Waals surface area contributed by atoms with Gasteiger partial charge >= 0.3 is 0 Å². The summed E-state index contributed by atoms with van der Waals surface area (Å²) in [6, 6.07) is 0. The molecule has 2 rings (SSSR count). The molecule has 4 nitrogen and oxygen atoms in total. The van der Waals surface area contributed by atoms with E-state index < -0.39 is 0 Å². The van der Waals surface area contributed by atoms with Gasteiger partial charge in [-0.3, -0.25) is 4.79 Å². The summed E-state index contributed by atoms with van der Waals surface area (Å²) in [6.45, 7) is 2.57. The lowest BCUT2D eigenvalue weighted by atomic mass is 10.0.